The maximum absolute atomic E-state index is 2.55. The van der Waals surface area contributed by atoms with Gasteiger partial charge in [-0.15, -0.1) is 0 Å². The number of rotatable bonds is 8. The lowest BCUT2D eigenvalue weighted by atomic mass is 9.91. The molecule has 1 unspecified atom stereocenters. The molecule has 1 aliphatic rings. The Kier molecular flexibility index (Phi) is 7.45. The Morgan fingerprint density at radius 2 is 1.79 bits per heavy atom. The van der Waals surface area contributed by atoms with Gasteiger partial charge in [0.2, 0.25) is 0 Å². The fraction of sp³-hybridized carbons (Fsp3) is 0.778. The summed E-state index contributed by atoms with van der Waals surface area (Å²) in [6.45, 7) is 11.6. The maximum atomic E-state index is 2.55. The Labute approximate surface area is 120 Å². The summed E-state index contributed by atoms with van der Waals surface area (Å²) in [6.07, 6.45) is 11.5. The molecule has 0 spiro atoms. The van der Waals surface area contributed by atoms with E-state index < -0.39 is 0 Å². The SMILES string of the molecule is CCCC(CCC)CN(C)CC1C=C(C)C(C)=CC1. The van der Waals surface area contributed by atoms with E-state index in [-0.39, 0.29) is 0 Å². The van der Waals surface area contributed by atoms with Crippen LogP contribution in [0.1, 0.15) is 59.8 Å². The highest BCUT2D eigenvalue weighted by atomic mass is 15.1. The van der Waals surface area contributed by atoms with E-state index in [1.807, 2.05) is 0 Å². The van der Waals surface area contributed by atoms with Crippen molar-refractivity contribution in [1.29, 1.82) is 0 Å². The minimum atomic E-state index is 0.720. The summed E-state index contributed by atoms with van der Waals surface area (Å²) in [5.74, 6) is 1.61. The van der Waals surface area contributed by atoms with Crippen LogP contribution in [-0.2, 0) is 0 Å². The third kappa shape index (κ3) is 5.95. The molecule has 1 nitrogen and oxygen atoms in total. The predicted octanol–water partition coefficient (Wildman–Crippen LogP) is 5.05. The Hall–Kier alpha value is -0.560. The van der Waals surface area contributed by atoms with Crippen LogP contribution in [0.4, 0.5) is 0 Å². The summed E-state index contributed by atoms with van der Waals surface area (Å²) in [5.41, 5.74) is 2.94. The van der Waals surface area contributed by atoms with E-state index in [4.69, 9.17) is 0 Å². The van der Waals surface area contributed by atoms with E-state index in [0.29, 0.717) is 0 Å². The Bertz CT molecular complexity index is 308. The Morgan fingerprint density at radius 3 is 2.32 bits per heavy atom. The molecule has 0 radical (unpaired) electrons. The molecule has 0 heterocycles. The highest BCUT2D eigenvalue weighted by Crippen LogP contribution is 2.23. The first-order valence-corrected chi connectivity index (χ1v) is 8.10. The average molecular weight is 263 g/mol. The van der Waals surface area contributed by atoms with Gasteiger partial charge >= 0.3 is 0 Å². The van der Waals surface area contributed by atoms with Crippen LogP contribution in [0.5, 0.6) is 0 Å². The van der Waals surface area contributed by atoms with Gasteiger partial charge in [-0.1, -0.05) is 50.0 Å². The quantitative estimate of drug-likeness (QED) is 0.592. The van der Waals surface area contributed by atoms with E-state index in [2.05, 4.69) is 51.8 Å². The van der Waals surface area contributed by atoms with Gasteiger partial charge < -0.3 is 4.90 Å². The van der Waals surface area contributed by atoms with Gasteiger partial charge in [-0.3, -0.25) is 0 Å². The lowest BCUT2D eigenvalue weighted by molar-refractivity contribution is 0.236. The molecule has 0 fully saturated rings. The van der Waals surface area contributed by atoms with Crippen LogP contribution in [0.2, 0.25) is 0 Å². The summed E-state index contributed by atoms with van der Waals surface area (Å²) in [6, 6.07) is 0. The second-order valence-electron chi connectivity index (χ2n) is 6.40. The molecule has 1 atom stereocenters. The zero-order chi connectivity index (χ0) is 14.3. The molecular weight excluding hydrogens is 230 g/mol. The highest BCUT2D eigenvalue weighted by molar-refractivity contribution is 5.31. The minimum absolute atomic E-state index is 0.720. The Morgan fingerprint density at radius 1 is 1.16 bits per heavy atom. The van der Waals surface area contributed by atoms with Crippen LogP contribution in [0.25, 0.3) is 0 Å². The topological polar surface area (TPSA) is 3.24 Å². The second-order valence-corrected chi connectivity index (χ2v) is 6.40. The maximum Gasteiger partial charge on any atom is 0.00446 e. The molecule has 0 aromatic heterocycles. The third-order valence-electron chi connectivity index (χ3n) is 4.34. The molecule has 0 saturated carbocycles. The van der Waals surface area contributed by atoms with E-state index in [1.54, 1.807) is 0 Å². The van der Waals surface area contributed by atoms with Crippen LogP contribution in [0.3, 0.4) is 0 Å². The van der Waals surface area contributed by atoms with Gasteiger partial charge in [0.05, 0.1) is 0 Å². The molecule has 1 rings (SSSR count). The molecule has 0 aromatic carbocycles. The number of nitrogens with zero attached hydrogens (tertiary/aromatic N) is 1. The number of hydrogen-bond donors (Lipinski definition) is 0. The van der Waals surface area contributed by atoms with Crippen molar-refractivity contribution in [2.24, 2.45) is 11.8 Å². The van der Waals surface area contributed by atoms with Crippen molar-refractivity contribution in [3.63, 3.8) is 0 Å². The molecule has 1 aliphatic carbocycles. The van der Waals surface area contributed by atoms with Crippen molar-refractivity contribution in [1.82, 2.24) is 4.90 Å². The standard InChI is InChI=1S/C18H33N/c1-6-8-17(9-7-2)13-19(5)14-18-11-10-15(3)16(4)12-18/h10,12,17-18H,6-9,11,13-14H2,1-5H3. The summed E-state index contributed by atoms with van der Waals surface area (Å²) in [4.78, 5) is 2.55. The van der Waals surface area contributed by atoms with Crippen molar-refractivity contribution in [2.75, 3.05) is 20.1 Å². The van der Waals surface area contributed by atoms with Gasteiger partial charge in [-0.25, -0.2) is 0 Å². The molecule has 0 aromatic rings. The number of allylic oxidation sites excluding steroid dienone is 3. The molecule has 0 aliphatic heterocycles. The van der Waals surface area contributed by atoms with Crippen molar-refractivity contribution in [2.45, 2.75) is 59.8 Å². The highest BCUT2D eigenvalue weighted by Gasteiger charge is 2.15. The normalized spacial score (nSPS) is 19.8. The lowest BCUT2D eigenvalue weighted by Crippen LogP contribution is -2.30. The zero-order valence-corrected chi connectivity index (χ0v) is 13.7. The van der Waals surface area contributed by atoms with Crippen molar-refractivity contribution in [3.05, 3.63) is 23.3 Å². The smallest absolute Gasteiger partial charge is 0.00446 e. The van der Waals surface area contributed by atoms with Gasteiger partial charge in [0.15, 0.2) is 0 Å². The largest absolute Gasteiger partial charge is 0.305 e. The van der Waals surface area contributed by atoms with Crippen LogP contribution in [0, 0.1) is 11.8 Å². The molecule has 110 valence electrons. The molecule has 0 N–H and O–H groups in total. The average Bonchev–Trinajstić information content (AvgIpc) is 2.34. The van der Waals surface area contributed by atoms with Gasteiger partial charge in [-0.2, -0.15) is 0 Å². The molecule has 0 bridgehead atoms. The third-order valence-corrected chi connectivity index (χ3v) is 4.34. The molecule has 0 amide bonds. The monoisotopic (exact) mass is 263 g/mol. The van der Waals surface area contributed by atoms with E-state index in [1.165, 1.54) is 56.3 Å². The van der Waals surface area contributed by atoms with Crippen molar-refractivity contribution >= 4 is 0 Å². The first kappa shape index (κ1) is 16.5. The number of hydrogen-bond acceptors (Lipinski definition) is 1. The van der Waals surface area contributed by atoms with Crippen LogP contribution >= 0.6 is 0 Å². The van der Waals surface area contributed by atoms with Crippen molar-refractivity contribution in [3.8, 4) is 0 Å². The molecule has 0 saturated heterocycles. The second kappa shape index (κ2) is 8.58. The van der Waals surface area contributed by atoms with Gasteiger partial charge in [0.25, 0.3) is 0 Å². The molecule has 19 heavy (non-hydrogen) atoms. The van der Waals surface area contributed by atoms with E-state index >= 15 is 0 Å². The van der Waals surface area contributed by atoms with Gasteiger partial charge in [0.1, 0.15) is 0 Å². The van der Waals surface area contributed by atoms with Crippen LogP contribution < -0.4 is 0 Å². The summed E-state index contributed by atoms with van der Waals surface area (Å²) < 4.78 is 0. The van der Waals surface area contributed by atoms with Gasteiger partial charge in [-0.05, 0) is 52.0 Å². The summed E-state index contributed by atoms with van der Waals surface area (Å²) >= 11 is 0. The predicted molar refractivity (Wildman–Crippen MR) is 86.4 cm³/mol. The zero-order valence-electron chi connectivity index (χ0n) is 13.7. The molecule has 1 heteroatoms. The van der Waals surface area contributed by atoms with E-state index in [9.17, 15) is 0 Å². The molecular formula is C18H33N. The van der Waals surface area contributed by atoms with Crippen LogP contribution in [-0.4, -0.2) is 25.0 Å². The van der Waals surface area contributed by atoms with Gasteiger partial charge in [0, 0.05) is 13.1 Å². The fourth-order valence-electron chi connectivity index (χ4n) is 3.23. The first-order chi connectivity index (χ1) is 9.06. The lowest BCUT2D eigenvalue weighted by Gasteiger charge is -2.28. The van der Waals surface area contributed by atoms with Crippen LogP contribution in [0.15, 0.2) is 23.3 Å². The first-order valence-electron chi connectivity index (χ1n) is 8.10. The van der Waals surface area contributed by atoms with Crippen molar-refractivity contribution < 1.29 is 0 Å². The Balaban J connectivity index is 2.40. The minimum Gasteiger partial charge on any atom is -0.305 e. The summed E-state index contributed by atoms with van der Waals surface area (Å²) in [7, 11) is 2.30. The van der Waals surface area contributed by atoms with E-state index in [0.717, 1.165) is 11.8 Å². The fourth-order valence-corrected chi connectivity index (χ4v) is 3.23. The summed E-state index contributed by atoms with van der Waals surface area (Å²) in [5, 5.41) is 0.